The highest BCUT2D eigenvalue weighted by Crippen LogP contribution is 2.47. The first-order valence-corrected chi connectivity index (χ1v) is 7.78. The van der Waals surface area contributed by atoms with E-state index in [0.717, 1.165) is 17.8 Å². The number of hydrogen-bond acceptors (Lipinski definition) is 5. The minimum absolute atomic E-state index is 0.110. The molecule has 1 atom stereocenters. The van der Waals surface area contributed by atoms with E-state index >= 15 is 0 Å². The number of halogens is 4. The van der Waals surface area contributed by atoms with Gasteiger partial charge in [-0.25, -0.2) is 4.79 Å². The summed E-state index contributed by atoms with van der Waals surface area (Å²) < 4.78 is 45.7. The number of hydrogen-bond donors (Lipinski definition) is 1. The molecule has 3 rings (SSSR count). The summed E-state index contributed by atoms with van der Waals surface area (Å²) in [6.07, 6.45) is -4.68. The number of rotatable bonds is 2. The Labute approximate surface area is 137 Å². The fraction of sp³-hybridized carbons (Fsp3) is 0.385. The van der Waals surface area contributed by atoms with Gasteiger partial charge in [-0.05, 0) is 6.07 Å². The van der Waals surface area contributed by atoms with Crippen molar-refractivity contribution in [1.82, 2.24) is 9.55 Å². The maximum absolute atomic E-state index is 13.1. The molecule has 23 heavy (non-hydrogen) atoms. The van der Waals surface area contributed by atoms with Crippen molar-refractivity contribution in [2.24, 2.45) is 0 Å². The molecule has 1 aliphatic rings. The molecule has 0 aliphatic carbocycles. The summed E-state index contributed by atoms with van der Waals surface area (Å²) in [7, 11) is 1.45. The van der Waals surface area contributed by atoms with Crippen LogP contribution in [-0.4, -0.2) is 34.1 Å². The zero-order chi connectivity index (χ0) is 16.9. The van der Waals surface area contributed by atoms with E-state index in [4.69, 9.17) is 16.3 Å². The summed E-state index contributed by atoms with van der Waals surface area (Å²) in [5, 5.41) is 9.20. The van der Waals surface area contributed by atoms with E-state index in [9.17, 15) is 23.1 Å². The maximum atomic E-state index is 13.1. The molecule has 0 bridgehead atoms. The normalized spacial score (nSPS) is 17.7. The van der Waals surface area contributed by atoms with Crippen LogP contribution in [0.1, 0.15) is 11.6 Å². The molecule has 0 fully saturated rings. The number of ether oxygens (including phenoxy) is 1. The first-order chi connectivity index (χ1) is 10.8. The van der Waals surface area contributed by atoms with Gasteiger partial charge in [-0.3, -0.25) is 4.57 Å². The molecule has 0 spiro atoms. The SMILES string of the molecule is COC[C@H]1CSc2c(Cl)c(C(F)(F)F)cc3c(O)nc(=O)n1c23. The Balaban J connectivity index is 2.44. The minimum Gasteiger partial charge on any atom is -0.493 e. The average molecular weight is 367 g/mol. The number of thioether (sulfide) groups is 1. The van der Waals surface area contributed by atoms with Gasteiger partial charge in [0.15, 0.2) is 0 Å². The molecule has 1 aliphatic heterocycles. The molecule has 10 heteroatoms. The smallest absolute Gasteiger partial charge is 0.417 e. The Morgan fingerprint density at radius 3 is 2.87 bits per heavy atom. The summed E-state index contributed by atoms with van der Waals surface area (Å²) in [6.45, 7) is 0.187. The predicted octanol–water partition coefficient (Wildman–Crippen LogP) is 3.07. The Morgan fingerprint density at radius 1 is 1.57 bits per heavy atom. The van der Waals surface area contributed by atoms with Crippen molar-refractivity contribution in [2.75, 3.05) is 19.5 Å². The number of aromatic nitrogens is 2. The second kappa shape index (κ2) is 5.57. The van der Waals surface area contributed by atoms with Crippen molar-refractivity contribution < 1.29 is 23.0 Å². The van der Waals surface area contributed by atoms with Crippen LogP contribution in [0.4, 0.5) is 13.2 Å². The molecular weight excluding hydrogens is 357 g/mol. The van der Waals surface area contributed by atoms with Crippen LogP contribution in [0, 0.1) is 0 Å². The summed E-state index contributed by atoms with van der Waals surface area (Å²) in [4.78, 5) is 15.6. The molecule has 2 aromatic rings. The number of methoxy groups -OCH3 is 1. The Hall–Kier alpha value is -1.45. The van der Waals surface area contributed by atoms with Crippen molar-refractivity contribution in [1.29, 1.82) is 0 Å². The van der Waals surface area contributed by atoms with Gasteiger partial charge < -0.3 is 9.84 Å². The van der Waals surface area contributed by atoms with E-state index in [2.05, 4.69) is 4.98 Å². The molecule has 1 aromatic heterocycles. The molecule has 0 saturated heterocycles. The topological polar surface area (TPSA) is 64.3 Å². The molecule has 2 heterocycles. The van der Waals surface area contributed by atoms with Gasteiger partial charge in [0.05, 0.1) is 39.0 Å². The van der Waals surface area contributed by atoms with Crippen LogP contribution in [0.3, 0.4) is 0 Å². The van der Waals surface area contributed by atoms with Gasteiger partial charge in [0, 0.05) is 12.9 Å². The first-order valence-electron chi connectivity index (χ1n) is 6.42. The molecule has 0 amide bonds. The molecule has 0 radical (unpaired) electrons. The maximum Gasteiger partial charge on any atom is 0.417 e. The quantitative estimate of drug-likeness (QED) is 0.885. The average Bonchev–Trinajstić information content (AvgIpc) is 2.45. The summed E-state index contributed by atoms with van der Waals surface area (Å²) in [5.74, 6) is -0.438. The fourth-order valence-corrected chi connectivity index (χ4v) is 4.18. The van der Waals surface area contributed by atoms with Gasteiger partial charge in [-0.2, -0.15) is 18.2 Å². The molecule has 1 aromatic carbocycles. The third kappa shape index (κ3) is 2.56. The van der Waals surface area contributed by atoms with E-state index < -0.39 is 34.4 Å². The monoisotopic (exact) mass is 366 g/mol. The van der Waals surface area contributed by atoms with Crippen molar-refractivity contribution in [3.8, 4) is 5.88 Å². The molecule has 1 N–H and O–H groups in total. The van der Waals surface area contributed by atoms with Crippen LogP contribution >= 0.6 is 23.4 Å². The van der Waals surface area contributed by atoms with Gasteiger partial charge >= 0.3 is 11.9 Å². The van der Waals surface area contributed by atoms with E-state index in [1.807, 2.05) is 0 Å². The standard InChI is InChI=1S/C13H10ClF3N2O3S/c1-22-3-5-4-23-10-8(14)7(13(15,16)17)2-6-9(10)19(5)12(21)18-11(6)20/h2,5H,3-4H2,1H3,(H,18,20,21)/t5-/m0/s1. The highest BCUT2D eigenvalue weighted by Gasteiger charge is 2.38. The zero-order valence-corrected chi connectivity index (χ0v) is 13.2. The molecule has 0 saturated carbocycles. The second-order valence-electron chi connectivity index (χ2n) is 4.97. The lowest BCUT2D eigenvalue weighted by molar-refractivity contribution is -0.137. The van der Waals surface area contributed by atoms with Gasteiger partial charge in [-0.1, -0.05) is 11.6 Å². The van der Waals surface area contributed by atoms with Crippen LogP contribution in [0.25, 0.3) is 10.9 Å². The number of nitrogens with zero attached hydrogens (tertiary/aromatic N) is 2. The Bertz CT molecular complexity index is 853. The third-order valence-corrected chi connectivity index (χ3v) is 5.28. The lowest BCUT2D eigenvalue weighted by atomic mass is 10.1. The van der Waals surface area contributed by atoms with Crippen LogP contribution < -0.4 is 5.69 Å². The first kappa shape index (κ1) is 16.4. The van der Waals surface area contributed by atoms with Crippen molar-refractivity contribution in [3.63, 3.8) is 0 Å². The highest BCUT2D eigenvalue weighted by molar-refractivity contribution is 7.99. The van der Waals surface area contributed by atoms with E-state index in [1.54, 1.807) is 0 Å². The molecular formula is C13H10ClF3N2O3S. The van der Waals surface area contributed by atoms with Gasteiger partial charge in [0.2, 0.25) is 5.88 Å². The van der Waals surface area contributed by atoms with Crippen LogP contribution in [-0.2, 0) is 10.9 Å². The highest BCUT2D eigenvalue weighted by atomic mass is 35.5. The lowest BCUT2D eigenvalue weighted by Gasteiger charge is -2.28. The number of aromatic hydroxyl groups is 1. The van der Waals surface area contributed by atoms with Crippen LogP contribution in [0.15, 0.2) is 15.8 Å². The second-order valence-corrected chi connectivity index (χ2v) is 6.38. The molecule has 124 valence electrons. The van der Waals surface area contributed by atoms with E-state index in [0.29, 0.717) is 5.75 Å². The molecule has 0 unspecified atom stereocenters. The van der Waals surface area contributed by atoms with Crippen molar-refractivity contribution in [2.45, 2.75) is 17.1 Å². The Kier molecular flexibility index (Phi) is 3.97. The summed E-state index contributed by atoms with van der Waals surface area (Å²) in [5.41, 5.74) is -1.67. The third-order valence-electron chi connectivity index (χ3n) is 3.53. The largest absolute Gasteiger partial charge is 0.493 e. The van der Waals surface area contributed by atoms with Crippen LogP contribution in [0.5, 0.6) is 5.88 Å². The fourth-order valence-electron chi connectivity index (χ4n) is 2.58. The summed E-state index contributed by atoms with van der Waals surface area (Å²) >= 11 is 7.01. The predicted molar refractivity (Wildman–Crippen MR) is 79.3 cm³/mol. The van der Waals surface area contributed by atoms with Gasteiger partial charge in [0.25, 0.3) is 0 Å². The molecule has 5 nitrogen and oxygen atoms in total. The van der Waals surface area contributed by atoms with Crippen molar-refractivity contribution >= 4 is 34.3 Å². The zero-order valence-electron chi connectivity index (χ0n) is 11.6. The van der Waals surface area contributed by atoms with Gasteiger partial charge in [-0.15, -0.1) is 11.8 Å². The lowest BCUT2D eigenvalue weighted by Crippen LogP contribution is -2.33. The Morgan fingerprint density at radius 2 is 2.26 bits per heavy atom. The van der Waals surface area contributed by atoms with Crippen molar-refractivity contribution in [3.05, 3.63) is 27.1 Å². The number of alkyl halides is 3. The number of benzene rings is 1. The van der Waals surface area contributed by atoms with Gasteiger partial charge in [0.1, 0.15) is 0 Å². The summed E-state index contributed by atoms with van der Waals surface area (Å²) in [6, 6.07) is 0.309. The van der Waals surface area contributed by atoms with Crippen LogP contribution in [0.2, 0.25) is 5.02 Å². The minimum atomic E-state index is -4.68. The van der Waals surface area contributed by atoms with E-state index in [-0.39, 0.29) is 22.4 Å². The van der Waals surface area contributed by atoms with E-state index in [1.165, 1.54) is 11.7 Å².